The molecular formula is C28H31Cl2N3O5S. The lowest BCUT2D eigenvalue weighted by molar-refractivity contribution is -0.139. The third-order valence-corrected chi connectivity index (χ3v) is 8.42. The zero-order valence-electron chi connectivity index (χ0n) is 21.9. The number of carbonyl (C=O) groups is 2. The normalized spacial score (nSPS) is 11.9. The van der Waals surface area contributed by atoms with Gasteiger partial charge < -0.3 is 15.0 Å². The van der Waals surface area contributed by atoms with Gasteiger partial charge in [-0.05, 0) is 67.4 Å². The second-order valence-electron chi connectivity index (χ2n) is 8.75. The summed E-state index contributed by atoms with van der Waals surface area (Å²) in [7, 11) is -2.65. The Bertz CT molecular complexity index is 1390. The molecule has 0 saturated carbocycles. The average Bonchev–Trinajstić information content (AvgIpc) is 2.94. The van der Waals surface area contributed by atoms with E-state index in [1.165, 1.54) is 24.1 Å². The third kappa shape index (κ3) is 7.65. The van der Waals surface area contributed by atoms with E-state index in [4.69, 9.17) is 27.9 Å². The quantitative estimate of drug-likeness (QED) is 0.314. The molecule has 2 amide bonds. The van der Waals surface area contributed by atoms with Crippen molar-refractivity contribution in [2.75, 3.05) is 24.5 Å². The number of carbonyl (C=O) groups excluding carboxylic acids is 2. The predicted octanol–water partition coefficient (Wildman–Crippen LogP) is 5.14. The molecule has 1 atom stereocenters. The molecule has 1 N–H and O–H groups in total. The summed E-state index contributed by atoms with van der Waals surface area (Å²) in [5.74, 6) is -0.421. The molecule has 208 valence electrons. The molecule has 0 bridgehead atoms. The van der Waals surface area contributed by atoms with Crippen LogP contribution in [0.15, 0.2) is 77.7 Å². The van der Waals surface area contributed by atoms with Gasteiger partial charge in [-0.15, -0.1) is 0 Å². The SMILES string of the molecule is CCCNC(=O)[C@@H](C)N(Cc1ccc(Cl)cc1Cl)C(=O)CN(c1ccc(OC)cc1)S(=O)(=O)c1ccccc1. The van der Waals surface area contributed by atoms with E-state index in [0.717, 1.165) is 10.7 Å². The van der Waals surface area contributed by atoms with Gasteiger partial charge in [-0.1, -0.05) is 54.4 Å². The molecule has 0 radical (unpaired) electrons. The van der Waals surface area contributed by atoms with Crippen molar-refractivity contribution in [1.82, 2.24) is 10.2 Å². The van der Waals surface area contributed by atoms with Crippen LogP contribution in [0.1, 0.15) is 25.8 Å². The number of ether oxygens (including phenoxy) is 1. The summed E-state index contributed by atoms with van der Waals surface area (Å²) in [6, 6.07) is 18.1. The number of anilines is 1. The number of methoxy groups -OCH3 is 1. The minimum Gasteiger partial charge on any atom is -0.497 e. The first-order valence-corrected chi connectivity index (χ1v) is 14.5. The minimum absolute atomic E-state index is 0.0228. The standard InChI is InChI=1S/C28H31Cl2N3O5S/c1-4-16-31-28(35)20(2)32(18-21-10-11-22(29)17-26(21)30)27(34)19-33(23-12-14-24(38-3)15-13-23)39(36,37)25-8-6-5-7-9-25/h5-15,17,20H,4,16,18-19H2,1-3H3,(H,31,35)/t20-/m1/s1. The second kappa shape index (κ2) is 13.7. The molecule has 3 aromatic carbocycles. The van der Waals surface area contributed by atoms with Crippen LogP contribution in [0, 0.1) is 0 Å². The van der Waals surface area contributed by atoms with E-state index < -0.39 is 28.5 Å². The molecule has 3 rings (SSSR count). The maximum atomic E-state index is 13.9. The number of rotatable bonds is 12. The highest BCUT2D eigenvalue weighted by Crippen LogP contribution is 2.27. The van der Waals surface area contributed by atoms with Crippen molar-refractivity contribution in [2.24, 2.45) is 0 Å². The zero-order chi connectivity index (χ0) is 28.6. The Balaban J connectivity index is 2.03. The first-order valence-electron chi connectivity index (χ1n) is 12.3. The van der Waals surface area contributed by atoms with E-state index in [1.807, 2.05) is 6.92 Å². The zero-order valence-corrected chi connectivity index (χ0v) is 24.3. The Morgan fingerprint density at radius 2 is 1.67 bits per heavy atom. The summed E-state index contributed by atoms with van der Waals surface area (Å²) in [6.07, 6.45) is 0.718. The summed E-state index contributed by atoms with van der Waals surface area (Å²) >= 11 is 12.4. The Kier molecular flexibility index (Phi) is 10.6. The highest BCUT2D eigenvalue weighted by Gasteiger charge is 2.32. The number of sulfonamides is 1. The van der Waals surface area contributed by atoms with Crippen LogP contribution in [0.5, 0.6) is 5.75 Å². The van der Waals surface area contributed by atoms with Crippen molar-refractivity contribution in [1.29, 1.82) is 0 Å². The smallest absolute Gasteiger partial charge is 0.264 e. The largest absolute Gasteiger partial charge is 0.497 e. The van der Waals surface area contributed by atoms with Crippen LogP contribution < -0.4 is 14.4 Å². The topological polar surface area (TPSA) is 96.0 Å². The van der Waals surface area contributed by atoms with Crippen LogP contribution >= 0.6 is 23.2 Å². The van der Waals surface area contributed by atoms with Crippen molar-refractivity contribution >= 4 is 50.7 Å². The molecule has 8 nitrogen and oxygen atoms in total. The Morgan fingerprint density at radius 3 is 2.26 bits per heavy atom. The first kappa shape index (κ1) is 30.3. The highest BCUT2D eigenvalue weighted by molar-refractivity contribution is 7.92. The number of hydrogen-bond acceptors (Lipinski definition) is 5. The average molecular weight is 593 g/mol. The van der Waals surface area contributed by atoms with Crippen molar-refractivity contribution in [2.45, 2.75) is 37.8 Å². The number of halogens is 2. The van der Waals surface area contributed by atoms with Crippen LogP contribution in [0.25, 0.3) is 0 Å². The molecule has 0 spiro atoms. The van der Waals surface area contributed by atoms with Gasteiger partial charge in [0.2, 0.25) is 11.8 Å². The van der Waals surface area contributed by atoms with Gasteiger partial charge in [-0.3, -0.25) is 13.9 Å². The molecular weight excluding hydrogens is 561 g/mol. The van der Waals surface area contributed by atoms with E-state index in [0.29, 0.717) is 27.9 Å². The molecule has 39 heavy (non-hydrogen) atoms. The molecule has 0 unspecified atom stereocenters. The molecule has 3 aromatic rings. The van der Waals surface area contributed by atoms with Crippen LogP contribution in [-0.4, -0.2) is 51.4 Å². The predicted molar refractivity (Wildman–Crippen MR) is 154 cm³/mol. The lowest BCUT2D eigenvalue weighted by Crippen LogP contribution is -2.51. The van der Waals surface area contributed by atoms with Gasteiger partial charge in [-0.25, -0.2) is 8.42 Å². The lowest BCUT2D eigenvalue weighted by atomic mass is 10.1. The maximum Gasteiger partial charge on any atom is 0.264 e. The van der Waals surface area contributed by atoms with E-state index in [1.54, 1.807) is 67.6 Å². The summed E-state index contributed by atoms with van der Waals surface area (Å²) in [4.78, 5) is 28.1. The monoisotopic (exact) mass is 591 g/mol. The number of benzene rings is 3. The fourth-order valence-electron chi connectivity index (χ4n) is 3.81. The molecule has 0 aliphatic heterocycles. The van der Waals surface area contributed by atoms with Gasteiger partial charge >= 0.3 is 0 Å². The molecule has 0 aliphatic carbocycles. The van der Waals surface area contributed by atoms with Crippen LogP contribution in [0.4, 0.5) is 5.69 Å². The summed E-state index contributed by atoms with van der Waals surface area (Å²) in [5.41, 5.74) is 0.826. The molecule has 11 heteroatoms. The molecule has 0 fully saturated rings. The molecule has 0 aromatic heterocycles. The Hall–Kier alpha value is -3.27. The van der Waals surface area contributed by atoms with E-state index in [-0.39, 0.29) is 23.0 Å². The summed E-state index contributed by atoms with van der Waals surface area (Å²) < 4.78 is 33.7. The van der Waals surface area contributed by atoms with Crippen molar-refractivity contribution in [3.8, 4) is 5.75 Å². The van der Waals surface area contributed by atoms with Gasteiger partial charge in [0.15, 0.2) is 0 Å². The van der Waals surface area contributed by atoms with Gasteiger partial charge in [0.25, 0.3) is 10.0 Å². The van der Waals surface area contributed by atoms with Gasteiger partial charge in [0, 0.05) is 23.1 Å². The number of nitrogens with one attached hydrogen (secondary N) is 1. The number of amides is 2. The first-order chi connectivity index (χ1) is 18.6. The minimum atomic E-state index is -4.15. The van der Waals surface area contributed by atoms with Crippen LogP contribution in [0.3, 0.4) is 0 Å². The molecule has 0 heterocycles. The fourth-order valence-corrected chi connectivity index (χ4v) is 5.71. The maximum absolute atomic E-state index is 13.9. The van der Waals surface area contributed by atoms with Gasteiger partial charge in [-0.2, -0.15) is 0 Å². The fraction of sp³-hybridized carbons (Fsp3) is 0.286. The number of nitrogens with zero attached hydrogens (tertiary/aromatic N) is 2. The van der Waals surface area contributed by atoms with Crippen LogP contribution in [-0.2, 0) is 26.2 Å². The van der Waals surface area contributed by atoms with Crippen LogP contribution in [0.2, 0.25) is 10.0 Å². The Labute approximate surface area is 239 Å². The van der Waals surface area contributed by atoms with E-state index in [9.17, 15) is 18.0 Å². The Morgan fingerprint density at radius 1 is 1.00 bits per heavy atom. The van der Waals surface area contributed by atoms with Gasteiger partial charge in [0.1, 0.15) is 18.3 Å². The van der Waals surface area contributed by atoms with Gasteiger partial charge in [0.05, 0.1) is 17.7 Å². The summed E-state index contributed by atoms with van der Waals surface area (Å²) in [5, 5.41) is 3.55. The molecule has 0 saturated heterocycles. The van der Waals surface area contributed by atoms with E-state index in [2.05, 4.69) is 5.32 Å². The van der Waals surface area contributed by atoms with Crippen molar-refractivity contribution in [3.05, 3.63) is 88.4 Å². The molecule has 0 aliphatic rings. The van der Waals surface area contributed by atoms with E-state index >= 15 is 0 Å². The lowest BCUT2D eigenvalue weighted by Gasteiger charge is -2.32. The van der Waals surface area contributed by atoms with Crippen molar-refractivity contribution < 1.29 is 22.7 Å². The second-order valence-corrected chi connectivity index (χ2v) is 11.5. The summed E-state index contributed by atoms with van der Waals surface area (Å²) in [6.45, 7) is 3.36. The number of hydrogen-bond donors (Lipinski definition) is 1. The van der Waals surface area contributed by atoms with Crippen molar-refractivity contribution in [3.63, 3.8) is 0 Å². The third-order valence-electron chi connectivity index (χ3n) is 6.04. The highest BCUT2D eigenvalue weighted by atomic mass is 35.5.